The quantitative estimate of drug-likeness (QED) is 0.481. The molecule has 0 atom stereocenters. The summed E-state index contributed by atoms with van der Waals surface area (Å²) in [5, 5.41) is 1.02. The molecule has 0 fully saturated rings. The van der Waals surface area contributed by atoms with Crippen molar-refractivity contribution in [2.75, 3.05) is 0 Å². The molecule has 25 heavy (non-hydrogen) atoms. The Morgan fingerprint density at radius 1 is 0.840 bits per heavy atom. The van der Waals surface area contributed by atoms with Crippen LogP contribution in [0.15, 0.2) is 36.4 Å². The van der Waals surface area contributed by atoms with Crippen LogP contribution in [0.1, 0.15) is 26.3 Å². The molecule has 6 nitrogen and oxygen atoms in total. The van der Waals surface area contributed by atoms with E-state index in [0.29, 0.717) is 10.8 Å². The zero-order valence-corrected chi connectivity index (χ0v) is 14.5. The summed E-state index contributed by atoms with van der Waals surface area (Å²) in [7, 11) is 0. The molecule has 2 aromatic rings. The SMILES string of the molecule is C=C(C)C(=O)Oc1c(OC(C)=O)cc(OC(C)=O)c2cc(C)ccc12. The summed E-state index contributed by atoms with van der Waals surface area (Å²) in [6, 6.07) is 6.64. The van der Waals surface area contributed by atoms with Crippen molar-refractivity contribution in [3.05, 3.63) is 42.0 Å². The van der Waals surface area contributed by atoms with Gasteiger partial charge in [-0.1, -0.05) is 24.3 Å². The average molecular weight is 342 g/mol. The summed E-state index contributed by atoms with van der Waals surface area (Å²) in [6.07, 6.45) is 0. The Morgan fingerprint density at radius 3 is 2.00 bits per heavy atom. The Morgan fingerprint density at radius 2 is 1.44 bits per heavy atom. The predicted octanol–water partition coefficient (Wildman–Crippen LogP) is 3.48. The molecule has 0 radical (unpaired) electrons. The van der Waals surface area contributed by atoms with Crippen molar-refractivity contribution in [1.29, 1.82) is 0 Å². The molecule has 0 aliphatic heterocycles. The largest absolute Gasteiger partial charge is 0.426 e. The van der Waals surface area contributed by atoms with Gasteiger partial charge in [0.15, 0.2) is 11.5 Å². The van der Waals surface area contributed by atoms with Crippen LogP contribution in [0, 0.1) is 6.92 Å². The number of benzene rings is 2. The Balaban J connectivity index is 2.77. The first-order valence-corrected chi connectivity index (χ1v) is 7.51. The van der Waals surface area contributed by atoms with E-state index in [1.807, 2.05) is 6.92 Å². The zero-order valence-electron chi connectivity index (χ0n) is 14.5. The van der Waals surface area contributed by atoms with Gasteiger partial charge in [-0.15, -0.1) is 0 Å². The van der Waals surface area contributed by atoms with Gasteiger partial charge < -0.3 is 14.2 Å². The minimum absolute atomic E-state index is 0.0188. The van der Waals surface area contributed by atoms with Crippen molar-refractivity contribution >= 4 is 28.7 Å². The maximum absolute atomic E-state index is 12.0. The van der Waals surface area contributed by atoms with Crippen molar-refractivity contribution in [3.63, 3.8) is 0 Å². The Labute approximate surface area is 145 Å². The first-order chi connectivity index (χ1) is 11.7. The molecular formula is C19H18O6. The maximum Gasteiger partial charge on any atom is 0.338 e. The molecule has 0 saturated carbocycles. The van der Waals surface area contributed by atoms with Gasteiger partial charge in [-0.2, -0.15) is 0 Å². The molecule has 2 rings (SSSR count). The fourth-order valence-corrected chi connectivity index (χ4v) is 2.21. The molecule has 0 aliphatic rings. The number of ether oxygens (including phenoxy) is 3. The highest BCUT2D eigenvalue weighted by molar-refractivity contribution is 6.00. The van der Waals surface area contributed by atoms with E-state index in [9.17, 15) is 14.4 Å². The molecule has 0 aromatic heterocycles. The van der Waals surface area contributed by atoms with Crippen LogP contribution >= 0.6 is 0 Å². The highest BCUT2D eigenvalue weighted by Gasteiger charge is 2.21. The average Bonchev–Trinajstić information content (AvgIpc) is 2.49. The number of hydrogen-bond donors (Lipinski definition) is 0. The van der Waals surface area contributed by atoms with Crippen LogP contribution in [0.4, 0.5) is 0 Å². The maximum atomic E-state index is 12.0. The normalized spacial score (nSPS) is 10.2. The molecule has 130 valence electrons. The number of aryl methyl sites for hydroxylation is 1. The number of rotatable bonds is 4. The molecular weight excluding hydrogens is 324 g/mol. The van der Waals surface area contributed by atoms with E-state index in [-0.39, 0.29) is 22.8 Å². The first kappa shape index (κ1) is 18.2. The van der Waals surface area contributed by atoms with E-state index in [0.717, 1.165) is 5.56 Å². The smallest absolute Gasteiger partial charge is 0.338 e. The summed E-state index contributed by atoms with van der Waals surface area (Å²) in [6.45, 7) is 9.40. The molecule has 0 N–H and O–H groups in total. The minimum atomic E-state index is -0.657. The lowest BCUT2D eigenvalue weighted by molar-refractivity contribution is -0.133. The summed E-state index contributed by atoms with van der Waals surface area (Å²) in [5.74, 6) is -1.53. The fourth-order valence-electron chi connectivity index (χ4n) is 2.21. The second-order valence-electron chi connectivity index (χ2n) is 5.61. The molecule has 6 heteroatoms. The monoisotopic (exact) mass is 342 g/mol. The van der Waals surface area contributed by atoms with E-state index in [1.54, 1.807) is 18.2 Å². The van der Waals surface area contributed by atoms with Gasteiger partial charge in [-0.25, -0.2) is 4.79 Å². The van der Waals surface area contributed by atoms with Gasteiger partial charge in [0.05, 0.1) is 0 Å². The number of esters is 3. The van der Waals surface area contributed by atoms with Crippen LogP contribution in [-0.4, -0.2) is 17.9 Å². The molecule has 0 amide bonds. The molecule has 0 heterocycles. The Hall–Kier alpha value is -3.15. The first-order valence-electron chi connectivity index (χ1n) is 7.51. The van der Waals surface area contributed by atoms with E-state index in [1.165, 1.54) is 26.8 Å². The number of carbonyl (C=O) groups is 3. The number of hydrogen-bond acceptors (Lipinski definition) is 6. The van der Waals surface area contributed by atoms with Crippen LogP contribution in [0.25, 0.3) is 10.8 Å². The lowest BCUT2D eigenvalue weighted by Gasteiger charge is -2.16. The second-order valence-corrected chi connectivity index (χ2v) is 5.61. The van der Waals surface area contributed by atoms with Gasteiger partial charge in [-0.3, -0.25) is 9.59 Å². The van der Waals surface area contributed by atoms with Crippen molar-refractivity contribution < 1.29 is 28.6 Å². The highest BCUT2D eigenvalue weighted by atomic mass is 16.6. The summed E-state index contributed by atoms with van der Waals surface area (Å²) in [5.41, 5.74) is 1.11. The van der Waals surface area contributed by atoms with E-state index in [2.05, 4.69) is 6.58 Å². The topological polar surface area (TPSA) is 78.9 Å². The van der Waals surface area contributed by atoms with Gasteiger partial charge in [0.2, 0.25) is 0 Å². The van der Waals surface area contributed by atoms with Crippen molar-refractivity contribution in [2.45, 2.75) is 27.7 Å². The molecule has 0 bridgehead atoms. The lowest BCUT2D eigenvalue weighted by Crippen LogP contribution is -2.12. The third-order valence-electron chi connectivity index (χ3n) is 3.22. The summed E-state index contributed by atoms with van der Waals surface area (Å²) in [4.78, 5) is 34.8. The molecule has 0 unspecified atom stereocenters. The zero-order chi connectivity index (χ0) is 18.7. The van der Waals surface area contributed by atoms with E-state index < -0.39 is 17.9 Å². The molecule has 0 aliphatic carbocycles. The van der Waals surface area contributed by atoms with Crippen LogP contribution in [0.3, 0.4) is 0 Å². The molecule has 0 spiro atoms. The molecule has 2 aromatic carbocycles. The second kappa shape index (κ2) is 7.17. The van der Waals surface area contributed by atoms with Crippen molar-refractivity contribution in [2.24, 2.45) is 0 Å². The predicted molar refractivity (Wildman–Crippen MR) is 91.8 cm³/mol. The van der Waals surface area contributed by atoms with Gasteiger partial charge in [0, 0.05) is 36.3 Å². The van der Waals surface area contributed by atoms with Crippen LogP contribution in [0.5, 0.6) is 17.2 Å². The van der Waals surface area contributed by atoms with Gasteiger partial charge in [0.25, 0.3) is 0 Å². The fraction of sp³-hybridized carbons (Fsp3) is 0.211. The van der Waals surface area contributed by atoms with Gasteiger partial charge in [-0.05, 0) is 19.9 Å². The third-order valence-corrected chi connectivity index (χ3v) is 3.22. The van der Waals surface area contributed by atoms with Crippen LogP contribution in [0.2, 0.25) is 0 Å². The van der Waals surface area contributed by atoms with E-state index >= 15 is 0 Å². The van der Waals surface area contributed by atoms with Crippen molar-refractivity contribution in [1.82, 2.24) is 0 Å². The number of fused-ring (bicyclic) bond motifs is 1. The molecule has 0 saturated heterocycles. The van der Waals surface area contributed by atoms with E-state index in [4.69, 9.17) is 14.2 Å². The highest BCUT2D eigenvalue weighted by Crippen LogP contribution is 2.42. The Bertz CT molecular complexity index is 894. The summed E-state index contributed by atoms with van der Waals surface area (Å²) < 4.78 is 15.7. The third kappa shape index (κ3) is 4.23. The summed E-state index contributed by atoms with van der Waals surface area (Å²) >= 11 is 0. The van der Waals surface area contributed by atoms with Gasteiger partial charge in [0.1, 0.15) is 5.75 Å². The van der Waals surface area contributed by atoms with Crippen LogP contribution < -0.4 is 14.2 Å². The number of carbonyl (C=O) groups excluding carboxylic acids is 3. The van der Waals surface area contributed by atoms with Gasteiger partial charge >= 0.3 is 17.9 Å². The van der Waals surface area contributed by atoms with Crippen molar-refractivity contribution in [3.8, 4) is 17.2 Å². The standard InChI is InChI=1S/C19H18O6/c1-10(2)19(22)25-18-14-7-6-11(3)8-15(14)16(23-12(4)20)9-17(18)24-13(5)21/h6-9H,1H2,2-5H3. The minimum Gasteiger partial charge on any atom is -0.426 e. The van der Waals surface area contributed by atoms with Crippen LogP contribution in [-0.2, 0) is 14.4 Å². The lowest BCUT2D eigenvalue weighted by atomic mass is 10.0. The Kier molecular flexibility index (Phi) is 5.22.